The molecule has 1 aromatic heterocycles. The minimum atomic E-state index is -3.66. The van der Waals surface area contributed by atoms with Gasteiger partial charge in [-0.15, -0.1) is 0 Å². The highest BCUT2D eigenvalue weighted by atomic mass is 32.2. The molecule has 20 heavy (non-hydrogen) atoms. The fraction of sp³-hybridized carbons (Fsp3) is 0.308. The highest BCUT2D eigenvalue weighted by Gasteiger charge is 2.33. The van der Waals surface area contributed by atoms with Gasteiger partial charge in [0, 0.05) is 19.3 Å². The van der Waals surface area contributed by atoms with E-state index >= 15 is 0 Å². The number of nitrogens with one attached hydrogen (secondary N) is 1. The zero-order valence-corrected chi connectivity index (χ0v) is 11.8. The van der Waals surface area contributed by atoms with Crippen molar-refractivity contribution in [1.29, 1.82) is 0 Å². The topological polar surface area (TPSA) is 90.0 Å². The molecule has 2 unspecified atom stereocenters. The number of imidazole rings is 1. The van der Waals surface area contributed by atoms with Crippen LogP contribution in [0.2, 0.25) is 0 Å². The zero-order valence-electron chi connectivity index (χ0n) is 11.0. The molecule has 7 heteroatoms. The average Bonchev–Trinajstić information content (AvgIpc) is 2.95. The van der Waals surface area contributed by atoms with Crippen molar-refractivity contribution in [3.8, 4) is 0 Å². The molecule has 2 aromatic rings. The molecular formula is C13H16N4O2S. The summed E-state index contributed by atoms with van der Waals surface area (Å²) in [5, 5.41) is 0.0107. The molecule has 1 aliphatic rings. The smallest absolute Gasteiger partial charge is 0.260 e. The van der Waals surface area contributed by atoms with E-state index in [1.54, 1.807) is 11.6 Å². The predicted octanol–water partition coefficient (Wildman–Crippen LogP) is 0.323. The fourth-order valence-electron chi connectivity index (χ4n) is 2.53. The molecule has 0 fully saturated rings. The highest BCUT2D eigenvalue weighted by Crippen LogP contribution is 2.31. The van der Waals surface area contributed by atoms with Crippen LogP contribution >= 0.6 is 0 Å². The van der Waals surface area contributed by atoms with Crippen LogP contribution in [0.3, 0.4) is 0 Å². The molecule has 106 valence electrons. The molecule has 0 saturated carbocycles. The molecule has 3 rings (SSSR count). The van der Waals surface area contributed by atoms with Crippen molar-refractivity contribution in [2.45, 2.75) is 23.5 Å². The van der Waals surface area contributed by atoms with Crippen molar-refractivity contribution in [3.63, 3.8) is 0 Å². The Morgan fingerprint density at radius 2 is 2.15 bits per heavy atom. The number of hydrogen-bond acceptors (Lipinski definition) is 4. The fourth-order valence-corrected chi connectivity index (χ4v) is 3.78. The lowest BCUT2D eigenvalue weighted by Gasteiger charge is -2.17. The van der Waals surface area contributed by atoms with Crippen molar-refractivity contribution < 1.29 is 8.42 Å². The van der Waals surface area contributed by atoms with Gasteiger partial charge in [-0.3, -0.25) is 0 Å². The number of rotatable bonds is 3. The molecule has 1 heterocycles. The lowest BCUT2D eigenvalue weighted by Crippen LogP contribution is -2.38. The van der Waals surface area contributed by atoms with Crippen LogP contribution in [0.5, 0.6) is 0 Å². The highest BCUT2D eigenvalue weighted by molar-refractivity contribution is 7.89. The Bertz CT molecular complexity index is 738. The summed E-state index contributed by atoms with van der Waals surface area (Å²) in [5.74, 6) is 0. The number of aryl methyl sites for hydroxylation is 1. The third kappa shape index (κ3) is 2.24. The van der Waals surface area contributed by atoms with Gasteiger partial charge in [0.05, 0.1) is 12.4 Å². The van der Waals surface area contributed by atoms with Crippen LogP contribution in [-0.2, 0) is 23.5 Å². The number of hydrogen-bond donors (Lipinski definition) is 2. The number of nitrogens with zero attached hydrogens (tertiary/aromatic N) is 2. The van der Waals surface area contributed by atoms with E-state index in [-0.39, 0.29) is 11.1 Å². The molecule has 6 nitrogen and oxygen atoms in total. The molecule has 2 atom stereocenters. The Kier molecular flexibility index (Phi) is 3.12. The van der Waals surface area contributed by atoms with Crippen LogP contribution in [0.25, 0.3) is 0 Å². The minimum absolute atomic E-state index is 0.0107. The summed E-state index contributed by atoms with van der Waals surface area (Å²) in [6, 6.07) is 7.04. The maximum atomic E-state index is 12.3. The number of aromatic nitrogens is 2. The summed E-state index contributed by atoms with van der Waals surface area (Å²) >= 11 is 0. The number of fused-ring (bicyclic) bond motifs is 1. The quantitative estimate of drug-likeness (QED) is 0.852. The summed E-state index contributed by atoms with van der Waals surface area (Å²) in [7, 11) is -1.94. The zero-order chi connectivity index (χ0) is 14.3. The summed E-state index contributed by atoms with van der Waals surface area (Å²) in [6.45, 7) is 0. The van der Waals surface area contributed by atoms with E-state index in [1.807, 2.05) is 24.3 Å². The maximum Gasteiger partial charge on any atom is 0.260 e. The normalized spacial score (nSPS) is 21.9. The van der Waals surface area contributed by atoms with Crippen LogP contribution < -0.4 is 10.5 Å². The van der Waals surface area contributed by atoms with Crippen LogP contribution in [-0.4, -0.2) is 24.0 Å². The molecule has 1 aliphatic carbocycles. The lowest BCUT2D eigenvalue weighted by molar-refractivity contribution is 0.516. The third-order valence-electron chi connectivity index (χ3n) is 3.51. The summed E-state index contributed by atoms with van der Waals surface area (Å²) in [5.41, 5.74) is 8.10. The van der Waals surface area contributed by atoms with Crippen LogP contribution in [0, 0.1) is 0 Å². The SMILES string of the molecule is Cn1cnc(S(=O)(=O)NC2c3ccccc3CC2N)c1. The molecular weight excluding hydrogens is 276 g/mol. The van der Waals surface area contributed by atoms with Gasteiger partial charge in [-0.2, -0.15) is 0 Å². The van der Waals surface area contributed by atoms with Crippen LogP contribution in [0.15, 0.2) is 41.8 Å². The number of nitrogens with two attached hydrogens (primary N) is 1. The molecule has 0 saturated heterocycles. The van der Waals surface area contributed by atoms with Gasteiger partial charge in [0.2, 0.25) is 0 Å². The monoisotopic (exact) mass is 292 g/mol. The lowest BCUT2D eigenvalue weighted by atomic mass is 10.1. The Morgan fingerprint density at radius 3 is 2.85 bits per heavy atom. The Morgan fingerprint density at radius 1 is 1.40 bits per heavy atom. The maximum absolute atomic E-state index is 12.3. The van der Waals surface area contributed by atoms with E-state index in [4.69, 9.17) is 5.73 Å². The molecule has 3 N–H and O–H groups in total. The first-order valence-corrected chi connectivity index (χ1v) is 7.79. The largest absolute Gasteiger partial charge is 0.339 e. The van der Waals surface area contributed by atoms with E-state index < -0.39 is 16.1 Å². The van der Waals surface area contributed by atoms with E-state index in [0.29, 0.717) is 6.42 Å². The number of benzene rings is 1. The standard InChI is InChI=1S/C13H16N4O2S/c1-17-7-12(15-8-17)20(18,19)16-13-10-5-3-2-4-9(10)6-11(13)14/h2-5,7-8,11,13,16H,6,14H2,1H3. The van der Waals surface area contributed by atoms with Gasteiger partial charge in [-0.05, 0) is 17.5 Å². The van der Waals surface area contributed by atoms with E-state index in [2.05, 4.69) is 9.71 Å². The van der Waals surface area contributed by atoms with E-state index in [1.165, 1.54) is 12.5 Å². The third-order valence-corrected chi connectivity index (χ3v) is 4.84. The van der Waals surface area contributed by atoms with Crippen molar-refractivity contribution in [3.05, 3.63) is 47.9 Å². The Labute approximate surface area is 117 Å². The minimum Gasteiger partial charge on any atom is -0.339 e. The van der Waals surface area contributed by atoms with Gasteiger partial charge >= 0.3 is 0 Å². The van der Waals surface area contributed by atoms with E-state index in [0.717, 1.165) is 11.1 Å². The first-order chi connectivity index (χ1) is 9.47. The van der Waals surface area contributed by atoms with Crippen molar-refractivity contribution in [2.24, 2.45) is 12.8 Å². The molecule has 0 radical (unpaired) electrons. The van der Waals surface area contributed by atoms with Gasteiger partial charge in [-0.1, -0.05) is 24.3 Å². The molecule has 1 aromatic carbocycles. The summed E-state index contributed by atoms with van der Waals surface area (Å²) in [6.07, 6.45) is 3.59. The summed E-state index contributed by atoms with van der Waals surface area (Å²) < 4.78 is 28.9. The van der Waals surface area contributed by atoms with Gasteiger partial charge in [0.25, 0.3) is 10.0 Å². The number of sulfonamides is 1. The summed E-state index contributed by atoms with van der Waals surface area (Å²) in [4.78, 5) is 3.88. The van der Waals surface area contributed by atoms with Crippen LogP contribution in [0.4, 0.5) is 0 Å². The Balaban J connectivity index is 1.92. The van der Waals surface area contributed by atoms with Gasteiger partial charge in [-0.25, -0.2) is 18.1 Å². The molecule has 0 bridgehead atoms. The van der Waals surface area contributed by atoms with Gasteiger partial charge < -0.3 is 10.3 Å². The van der Waals surface area contributed by atoms with Crippen molar-refractivity contribution in [1.82, 2.24) is 14.3 Å². The first kappa shape index (κ1) is 13.3. The van der Waals surface area contributed by atoms with Crippen molar-refractivity contribution >= 4 is 10.0 Å². The van der Waals surface area contributed by atoms with Crippen LogP contribution in [0.1, 0.15) is 17.2 Å². The molecule has 0 aliphatic heterocycles. The second-order valence-electron chi connectivity index (χ2n) is 5.04. The average molecular weight is 292 g/mol. The van der Waals surface area contributed by atoms with Gasteiger partial charge in [0.1, 0.15) is 0 Å². The predicted molar refractivity (Wildman–Crippen MR) is 74.4 cm³/mol. The first-order valence-electron chi connectivity index (χ1n) is 6.31. The Hall–Kier alpha value is -1.70. The molecule has 0 amide bonds. The van der Waals surface area contributed by atoms with Gasteiger partial charge in [0.15, 0.2) is 5.03 Å². The second kappa shape index (κ2) is 4.69. The van der Waals surface area contributed by atoms with Crippen molar-refractivity contribution in [2.75, 3.05) is 0 Å². The molecule has 0 spiro atoms. The second-order valence-corrected chi connectivity index (χ2v) is 6.70. The van der Waals surface area contributed by atoms with E-state index in [9.17, 15) is 8.42 Å².